The first-order valence-corrected chi connectivity index (χ1v) is 10.8. The number of nitro groups is 1. The molecule has 3 aromatic rings. The number of anilines is 1. The van der Waals surface area contributed by atoms with Gasteiger partial charge in [0.15, 0.2) is 11.2 Å². The predicted octanol–water partition coefficient (Wildman–Crippen LogP) is 1.52. The van der Waals surface area contributed by atoms with Crippen molar-refractivity contribution in [2.24, 2.45) is 7.05 Å². The van der Waals surface area contributed by atoms with Gasteiger partial charge in [-0.2, -0.15) is 4.98 Å². The Hall–Kier alpha value is -3.67. The molecule has 1 aliphatic rings. The number of nitro benzene ring substituents is 1. The minimum Gasteiger partial charge on any atom is -0.491 e. The van der Waals surface area contributed by atoms with Gasteiger partial charge in [0.1, 0.15) is 18.5 Å². The fourth-order valence-corrected chi connectivity index (χ4v) is 4.07. The maximum atomic E-state index is 12.6. The Balaban J connectivity index is 1.57. The Kier molecular flexibility index (Phi) is 6.45. The van der Waals surface area contributed by atoms with Gasteiger partial charge in [0.2, 0.25) is 5.95 Å². The number of aliphatic hydroxyl groups is 1. The molecule has 0 bridgehead atoms. The molecule has 1 atom stereocenters. The van der Waals surface area contributed by atoms with Crippen LogP contribution < -0.4 is 21.3 Å². The highest BCUT2D eigenvalue weighted by Crippen LogP contribution is 2.24. The van der Waals surface area contributed by atoms with Crippen molar-refractivity contribution >= 4 is 22.8 Å². The van der Waals surface area contributed by atoms with Gasteiger partial charge in [-0.15, -0.1) is 0 Å². The van der Waals surface area contributed by atoms with E-state index in [0.29, 0.717) is 11.7 Å². The Labute approximate surface area is 188 Å². The molecule has 0 amide bonds. The first kappa shape index (κ1) is 22.5. The van der Waals surface area contributed by atoms with E-state index in [0.717, 1.165) is 25.7 Å². The Morgan fingerprint density at radius 1 is 1.27 bits per heavy atom. The molecular formula is C21H26N6O6. The third-order valence-corrected chi connectivity index (χ3v) is 5.83. The molecule has 12 heteroatoms. The molecule has 0 radical (unpaired) electrons. The Morgan fingerprint density at radius 3 is 2.64 bits per heavy atom. The molecule has 1 saturated carbocycles. The third-order valence-electron chi connectivity index (χ3n) is 5.83. The largest absolute Gasteiger partial charge is 0.491 e. The molecular weight excluding hydrogens is 432 g/mol. The van der Waals surface area contributed by atoms with Gasteiger partial charge in [0, 0.05) is 25.2 Å². The number of ether oxygens (including phenoxy) is 1. The molecule has 12 nitrogen and oxygen atoms in total. The zero-order chi connectivity index (χ0) is 23.5. The van der Waals surface area contributed by atoms with E-state index < -0.39 is 22.3 Å². The fraction of sp³-hybridized carbons (Fsp3) is 0.476. The van der Waals surface area contributed by atoms with Crippen molar-refractivity contribution in [2.45, 2.75) is 50.8 Å². The molecule has 1 aliphatic carbocycles. The summed E-state index contributed by atoms with van der Waals surface area (Å²) in [5.41, 5.74) is -0.796. The van der Waals surface area contributed by atoms with E-state index in [9.17, 15) is 24.8 Å². The molecule has 4 rings (SSSR count). The van der Waals surface area contributed by atoms with Crippen LogP contribution in [0.1, 0.15) is 32.1 Å². The number of hydrogen-bond donors (Lipinski definition) is 3. The van der Waals surface area contributed by atoms with Crippen molar-refractivity contribution in [1.29, 1.82) is 0 Å². The van der Waals surface area contributed by atoms with Crippen molar-refractivity contribution in [1.82, 2.24) is 19.1 Å². The van der Waals surface area contributed by atoms with Gasteiger partial charge in [-0.3, -0.25) is 24.5 Å². The Bertz CT molecular complexity index is 1260. The minimum absolute atomic E-state index is 0.000180. The van der Waals surface area contributed by atoms with E-state index in [2.05, 4.69) is 15.3 Å². The monoisotopic (exact) mass is 458 g/mol. The number of aromatic amines is 1. The van der Waals surface area contributed by atoms with Gasteiger partial charge in [-0.05, 0) is 25.0 Å². The van der Waals surface area contributed by atoms with Crippen molar-refractivity contribution in [3.05, 3.63) is 55.2 Å². The lowest BCUT2D eigenvalue weighted by Crippen LogP contribution is -2.31. The first-order chi connectivity index (χ1) is 15.8. The van der Waals surface area contributed by atoms with Crippen LogP contribution in [0.25, 0.3) is 11.2 Å². The molecule has 2 heterocycles. The third kappa shape index (κ3) is 4.90. The molecule has 1 aromatic carbocycles. The van der Waals surface area contributed by atoms with E-state index in [1.807, 2.05) is 0 Å². The van der Waals surface area contributed by atoms with Crippen LogP contribution in [0.3, 0.4) is 0 Å². The number of nitrogens with one attached hydrogen (secondary N) is 2. The number of aryl methyl sites for hydroxylation is 1. The highest BCUT2D eigenvalue weighted by Gasteiger charge is 2.22. The van der Waals surface area contributed by atoms with Crippen LogP contribution in [-0.4, -0.2) is 47.9 Å². The van der Waals surface area contributed by atoms with Crippen LogP contribution in [0.2, 0.25) is 0 Å². The highest BCUT2D eigenvalue weighted by atomic mass is 16.6. The van der Waals surface area contributed by atoms with Crippen molar-refractivity contribution in [3.8, 4) is 5.75 Å². The van der Waals surface area contributed by atoms with Crippen LogP contribution in [-0.2, 0) is 13.6 Å². The number of benzene rings is 1. The molecule has 0 unspecified atom stereocenters. The molecule has 2 aromatic heterocycles. The predicted molar refractivity (Wildman–Crippen MR) is 121 cm³/mol. The van der Waals surface area contributed by atoms with E-state index in [1.54, 1.807) is 4.57 Å². The SMILES string of the molecule is Cn1c(=O)[nH]c(=O)c2c1nc(NC1CCCCC1)n2C[C@H](O)COc1ccc([N+](=O)[O-])cc1. The van der Waals surface area contributed by atoms with Crippen LogP contribution in [0, 0.1) is 10.1 Å². The van der Waals surface area contributed by atoms with Gasteiger partial charge in [0.05, 0.1) is 11.5 Å². The number of rotatable bonds is 8. The number of H-pyrrole nitrogens is 1. The van der Waals surface area contributed by atoms with E-state index in [-0.39, 0.29) is 36.0 Å². The second-order valence-electron chi connectivity index (χ2n) is 8.23. The van der Waals surface area contributed by atoms with Crippen LogP contribution in [0.15, 0.2) is 33.9 Å². The van der Waals surface area contributed by atoms with E-state index in [4.69, 9.17) is 4.74 Å². The molecule has 176 valence electrons. The standard InChI is InChI=1S/C21H26N6O6/c1-25-18-17(19(29)24-21(25)30)26(20(23-18)22-13-5-3-2-4-6-13)11-15(28)12-33-16-9-7-14(8-10-16)27(31)32/h7-10,13,15,28H,2-6,11-12H2,1H3,(H,22,23)(H,24,29,30)/t15-/m0/s1. The summed E-state index contributed by atoms with van der Waals surface area (Å²) in [5.74, 6) is 0.786. The number of non-ortho nitro benzene ring substituents is 1. The highest BCUT2D eigenvalue weighted by molar-refractivity contribution is 5.74. The second kappa shape index (κ2) is 9.45. The fourth-order valence-electron chi connectivity index (χ4n) is 4.07. The smallest absolute Gasteiger partial charge is 0.329 e. The maximum Gasteiger partial charge on any atom is 0.329 e. The zero-order valence-corrected chi connectivity index (χ0v) is 18.2. The van der Waals surface area contributed by atoms with Gasteiger partial charge in [-0.25, -0.2) is 4.79 Å². The van der Waals surface area contributed by atoms with E-state index >= 15 is 0 Å². The lowest BCUT2D eigenvalue weighted by molar-refractivity contribution is -0.384. The molecule has 0 saturated heterocycles. The van der Waals surface area contributed by atoms with E-state index in [1.165, 1.54) is 42.3 Å². The molecule has 1 fully saturated rings. The first-order valence-electron chi connectivity index (χ1n) is 10.8. The normalized spacial score (nSPS) is 15.5. The van der Waals surface area contributed by atoms with Crippen molar-refractivity contribution in [3.63, 3.8) is 0 Å². The quantitative estimate of drug-likeness (QED) is 0.339. The topological polar surface area (TPSA) is 157 Å². The number of imidazole rings is 1. The van der Waals surface area contributed by atoms with Crippen LogP contribution >= 0.6 is 0 Å². The molecule has 3 N–H and O–H groups in total. The summed E-state index contributed by atoms with van der Waals surface area (Å²) in [4.78, 5) is 41.7. The van der Waals surface area contributed by atoms with Crippen molar-refractivity contribution in [2.75, 3.05) is 11.9 Å². The number of aliphatic hydroxyl groups excluding tert-OH is 1. The summed E-state index contributed by atoms with van der Waals surface area (Å²) >= 11 is 0. The number of hydrogen-bond acceptors (Lipinski definition) is 8. The average molecular weight is 458 g/mol. The average Bonchev–Trinajstić information content (AvgIpc) is 3.15. The van der Waals surface area contributed by atoms with Gasteiger partial charge in [-0.1, -0.05) is 19.3 Å². The molecule has 0 spiro atoms. The summed E-state index contributed by atoms with van der Waals surface area (Å²) in [6, 6.07) is 5.73. The Morgan fingerprint density at radius 2 is 1.97 bits per heavy atom. The van der Waals surface area contributed by atoms with Crippen LogP contribution in [0.4, 0.5) is 11.6 Å². The molecule has 33 heavy (non-hydrogen) atoms. The zero-order valence-electron chi connectivity index (χ0n) is 18.2. The lowest BCUT2D eigenvalue weighted by atomic mass is 9.96. The van der Waals surface area contributed by atoms with Gasteiger partial charge < -0.3 is 19.7 Å². The van der Waals surface area contributed by atoms with Crippen LogP contribution in [0.5, 0.6) is 5.75 Å². The maximum absolute atomic E-state index is 12.6. The second-order valence-corrected chi connectivity index (χ2v) is 8.23. The number of fused-ring (bicyclic) bond motifs is 1. The lowest BCUT2D eigenvalue weighted by Gasteiger charge is -2.24. The molecule has 0 aliphatic heterocycles. The summed E-state index contributed by atoms with van der Waals surface area (Å²) in [5, 5.41) is 24.8. The van der Waals surface area contributed by atoms with Gasteiger partial charge >= 0.3 is 5.69 Å². The summed E-state index contributed by atoms with van der Waals surface area (Å²) in [6.45, 7) is -0.107. The summed E-state index contributed by atoms with van der Waals surface area (Å²) < 4.78 is 8.40. The number of nitrogens with zero attached hydrogens (tertiary/aromatic N) is 4. The number of aromatic nitrogens is 4. The van der Waals surface area contributed by atoms with Crippen molar-refractivity contribution < 1.29 is 14.8 Å². The summed E-state index contributed by atoms with van der Waals surface area (Å²) in [6.07, 6.45) is 4.32. The minimum atomic E-state index is -1.01. The summed E-state index contributed by atoms with van der Waals surface area (Å²) in [7, 11) is 1.52. The van der Waals surface area contributed by atoms with Gasteiger partial charge in [0.25, 0.3) is 11.2 Å².